The van der Waals surface area contributed by atoms with E-state index in [-0.39, 0.29) is 23.1 Å². The monoisotopic (exact) mass is 512 g/mol. The van der Waals surface area contributed by atoms with Gasteiger partial charge in [-0.25, -0.2) is 0 Å². The van der Waals surface area contributed by atoms with Gasteiger partial charge in [0.05, 0.1) is 4.91 Å². The number of thioether (sulfide) groups is 1. The first-order valence-corrected chi connectivity index (χ1v) is 14.3. The summed E-state index contributed by atoms with van der Waals surface area (Å²) in [5.41, 5.74) is 1.42. The maximum atomic E-state index is 13.5. The Balaban J connectivity index is 1.83. The Morgan fingerprint density at radius 3 is 2.46 bits per heavy atom. The van der Waals surface area contributed by atoms with Crippen LogP contribution in [0.15, 0.2) is 9.70 Å². The van der Waals surface area contributed by atoms with Gasteiger partial charge in [0.15, 0.2) is 0 Å². The van der Waals surface area contributed by atoms with Crippen LogP contribution in [-0.4, -0.2) is 38.8 Å². The zero-order valence-electron chi connectivity index (χ0n) is 21.1. The number of carbonyl (C=O) groups excluding carboxylic acids is 1. The van der Waals surface area contributed by atoms with E-state index in [9.17, 15) is 14.9 Å². The molecule has 0 atom stereocenters. The predicted molar refractivity (Wildman–Crippen MR) is 148 cm³/mol. The van der Waals surface area contributed by atoms with E-state index >= 15 is 0 Å². The number of carbonyl (C=O) groups is 1. The van der Waals surface area contributed by atoms with Gasteiger partial charge in [-0.2, -0.15) is 5.26 Å². The summed E-state index contributed by atoms with van der Waals surface area (Å²) in [6, 6.07) is 2.33. The lowest BCUT2D eigenvalue weighted by Gasteiger charge is -2.35. The summed E-state index contributed by atoms with van der Waals surface area (Å²) >= 11 is 7.01. The first-order chi connectivity index (χ1) is 16.9. The van der Waals surface area contributed by atoms with Crippen molar-refractivity contribution in [1.29, 1.82) is 5.26 Å². The summed E-state index contributed by atoms with van der Waals surface area (Å²) in [7, 11) is 0. The zero-order chi connectivity index (χ0) is 25.1. The van der Waals surface area contributed by atoms with Crippen LogP contribution in [0.25, 0.3) is 6.08 Å². The fraction of sp³-hybridized carbons (Fsp3) is 0.630. The lowest BCUT2D eigenvalue weighted by molar-refractivity contribution is -0.124. The molecule has 1 amide bonds. The van der Waals surface area contributed by atoms with Gasteiger partial charge in [0.1, 0.15) is 21.8 Å². The number of piperidine rings is 1. The summed E-state index contributed by atoms with van der Waals surface area (Å²) in [4.78, 5) is 31.7. The van der Waals surface area contributed by atoms with E-state index in [0.29, 0.717) is 27.3 Å². The highest BCUT2D eigenvalue weighted by atomic mass is 32.2. The van der Waals surface area contributed by atoms with Crippen LogP contribution in [0.1, 0.15) is 88.3 Å². The second kappa shape index (κ2) is 11.3. The van der Waals surface area contributed by atoms with Crippen LogP contribution in [-0.2, 0) is 11.3 Å². The quantitative estimate of drug-likeness (QED) is 0.365. The highest BCUT2D eigenvalue weighted by molar-refractivity contribution is 8.26. The van der Waals surface area contributed by atoms with E-state index < -0.39 is 0 Å². The molecule has 35 heavy (non-hydrogen) atoms. The van der Waals surface area contributed by atoms with E-state index in [1.165, 1.54) is 18.2 Å². The second-order valence-corrected chi connectivity index (χ2v) is 11.8. The van der Waals surface area contributed by atoms with Crippen molar-refractivity contribution >= 4 is 46.1 Å². The summed E-state index contributed by atoms with van der Waals surface area (Å²) < 4.78 is 2.41. The molecule has 1 aromatic rings. The maximum absolute atomic E-state index is 13.5. The van der Waals surface area contributed by atoms with Crippen molar-refractivity contribution in [2.24, 2.45) is 5.92 Å². The van der Waals surface area contributed by atoms with Gasteiger partial charge < -0.3 is 4.90 Å². The number of hydrogen-bond donors (Lipinski definition) is 0. The number of nitrogens with zero attached hydrogens (tertiary/aromatic N) is 4. The zero-order valence-corrected chi connectivity index (χ0v) is 22.8. The van der Waals surface area contributed by atoms with Gasteiger partial charge in [0.25, 0.3) is 11.5 Å². The maximum Gasteiger partial charge on any atom is 0.270 e. The Labute approximate surface area is 218 Å². The number of aromatic nitrogens is 1. The number of unbranched alkanes of at least 4 members (excludes halogenated alkanes) is 1. The van der Waals surface area contributed by atoms with Gasteiger partial charge in [-0.15, -0.1) is 0 Å². The van der Waals surface area contributed by atoms with Crippen molar-refractivity contribution in [2.75, 3.05) is 18.0 Å². The fourth-order valence-corrected chi connectivity index (χ4v) is 6.88. The van der Waals surface area contributed by atoms with Crippen LogP contribution in [0.5, 0.6) is 0 Å². The van der Waals surface area contributed by atoms with Crippen molar-refractivity contribution in [3.05, 3.63) is 31.9 Å². The van der Waals surface area contributed by atoms with Gasteiger partial charge in [-0.05, 0) is 56.6 Å². The predicted octanol–water partition coefficient (Wildman–Crippen LogP) is 5.60. The molecule has 2 saturated heterocycles. The molecule has 8 heteroatoms. The molecule has 1 aliphatic carbocycles. The van der Waals surface area contributed by atoms with Crippen molar-refractivity contribution < 1.29 is 4.79 Å². The van der Waals surface area contributed by atoms with Gasteiger partial charge in [0, 0.05) is 31.2 Å². The fourth-order valence-electron chi connectivity index (χ4n) is 5.49. The molecule has 0 unspecified atom stereocenters. The van der Waals surface area contributed by atoms with Crippen molar-refractivity contribution in [2.45, 2.75) is 91.1 Å². The lowest BCUT2D eigenvalue weighted by atomic mass is 9.94. The molecule has 0 bridgehead atoms. The smallest absolute Gasteiger partial charge is 0.270 e. The van der Waals surface area contributed by atoms with Gasteiger partial charge in [-0.1, -0.05) is 63.5 Å². The van der Waals surface area contributed by atoms with Gasteiger partial charge in [-0.3, -0.25) is 19.1 Å². The number of nitriles is 1. The topological polar surface area (TPSA) is 69.3 Å². The van der Waals surface area contributed by atoms with E-state index in [4.69, 9.17) is 12.2 Å². The number of pyridine rings is 1. The molecular weight excluding hydrogens is 476 g/mol. The minimum Gasteiger partial charge on any atom is -0.357 e. The Morgan fingerprint density at radius 1 is 1.14 bits per heavy atom. The van der Waals surface area contributed by atoms with Crippen LogP contribution < -0.4 is 10.5 Å². The first-order valence-electron chi connectivity index (χ1n) is 13.1. The van der Waals surface area contributed by atoms with Gasteiger partial charge >= 0.3 is 0 Å². The molecule has 0 N–H and O–H groups in total. The second-order valence-electron chi connectivity index (χ2n) is 10.2. The first kappa shape index (κ1) is 26.0. The van der Waals surface area contributed by atoms with E-state index in [1.807, 2.05) is 17.9 Å². The number of hydrogen-bond acceptors (Lipinski definition) is 6. The van der Waals surface area contributed by atoms with Crippen molar-refractivity contribution in [3.63, 3.8) is 0 Å². The van der Waals surface area contributed by atoms with Crippen LogP contribution in [0, 0.1) is 24.2 Å². The number of rotatable bonds is 6. The molecule has 1 aromatic heterocycles. The summed E-state index contributed by atoms with van der Waals surface area (Å²) in [6.07, 6.45) is 11.3. The third-order valence-corrected chi connectivity index (χ3v) is 9.03. The van der Waals surface area contributed by atoms with Crippen LogP contribution in [0.2, 0.25) is 0 Å². The SMILES string of the molecule is CCCCn1c(N2CCC(C)CC2)c(/C=C2/SC(=S)N(C3CCCCC3)C2=O)c(C)c(C#N)c1=O. The molecule has 2 aliphatic heterocycles. The molecule has 0 aromatic carbocycles. The molecule has 4 rings (SSSR count). The summed E-state index contributed by atoms with van der Waals surface area (Å²) in [6.45, 7) is 8.50. The number of thiocarbonyl (C=S) groups is 1. The van der Waals surface area contributed by atoms with Crippen LogP contribution in [0.4, 0.5) is 5.82 Å². The lowest BCUT2D eigenvalue weighted by Crippen LogP contribution is -2.40. The molecule has 0 radical (unpaired) electrons. The largest absolute Gasteiger partial charge is 0.357 e. The molecule has 0 spiro atoms. The molecule has 3 heterocycles. The van der Waals surface area contributed by atoms with E-state index in [0.717, 1.165) is 75.8 Å². The summed E-state index contributed by atoms with van der Waals surface area (Å²) in [5, 5.41) is 9.88. The average Bonchev–Trinajstić information content (AvgIpc) is 3.14. The van der Waals surface area contributed by atoms with Crippen LogP contribution in [0.3, 0.4) is 0 Å². The standard InChI is InChI=1S/C27H36N4O2S2/c1-4-5-13-30-24(29-14-11-18(2)12-15-29)21(19(3)22(17-28)25(30)32)16-23-26(33)31(27(34)35-23)20-9-7-6-8-10-20/h16,18,20H,4-15H2,1-3H3/b23-16+. The molecule has 188 valence electrons. The highest BCUT2D eigenvalue weighted by Gasteiger charge is 2.38. The Kier molecular flexibility index (Phi) is 8.38. The van der Waals surface area contributed by atoms with Crippen molar-refractivity contribution in [1.82, 2.24) is 9.47 Å². The minimum absolute atomic E-state index is 0.0330. The average molecular weight is 513 g/mol. The number of amides is 1. The molecule has 1 saturated carbocycles. The van der Waals surface area contributed by atoms with E-state index in [1.54, 1.807) is 4.57 Å². The minimum atomic E-state index is -0.223. The molecule has 6 nitrogen and oxygen atoms in total. The number of anilines is 1. The highest BCUT2D eigenvalue weighted by Crippen LogP contribution is 2.39. The molecular formula is C27H36N4O2S2. The third kappa shape index (κ3) is 5.22. The van der Waals surface area contributed by atoms with Gasteiger partial charge in [0.2, 0.25) is 0 Å². The third-order valence-electron chi connectivity index (χ3n) is 7.70. The Bertz CT molecular complexity index is 1120. The van der Waals surface area contributed by atoms with E-state index in [2.05, 4.69) is 24.8 Å². The van der Waals surface area contributed by atoms with Crippen molar-refractivity contribution in [3.8, 4) is 6.07 Å². The summed E-state index contributed by atoms with van der Waals surface area (Å²) in [5.74, 6) is 1.47. The Hall–Kier alpha value is -2.11. The molecule has 3 aliphatic rings. The van der Waals surface area contributed by atoms with Crippen LogP contribution >= 0.6 is 24.0 Å². The molecule has 3 fully saturated rings. The Morgan fingerprint density at radius 2 is 1.83 bits per heavy atom. The normalized spacial score (nSPS) is 21.3.